The van der Waals surface area contributed by atoms with Gasteiger partial charge in [-0.25, -0.2) is 0 Å². The van der Waals surface area contributed by atoms with Crippen molar-refractivity contribution in [3.63, 3.8) is 0 Å². The molecule has 2 N–H and O–H groups in total. The molecule has 0 bridgehead atoms. The van der Waals surface area contributed by atoms with Gasteiger partial charge in [-0.2, -0.15) is 0 Å². The van der Waals surface area contributed by atoms with Crippen LogP contribution >= 0.6 is 0 Å². The van der Waals surface area contributed by atoms with Crippen LogP contribution in [0.5, 0.6) is 17.2 Å². The predicted molar refractivity (Wildman–Crippen MR) is 92.9 cm³/mol. The van der Waals surface area contributed by atoms with E-state index in [1.165, 1.54) is 0 Å². The Morgan fingerprint density at radius 2 is 1.52 bits per heavy atom. The molecular weight excluding hydrogens is 286 g/mol. The van der Waals surface area contributed by atoms with Crippen LogP contribution in [0.1, 0.15) is 11.1 Å². The van der Waals surface area contributed by atoms with E-state index in [9.17, 15) is 0 Å². The fraction of sp³-hybridized carbons (Fsp3) is 0.100. The third-order valence-electron chi connectivity index (χ3n) is 3.47. The van der Waals surface area contributed by atoms with E-state index in [1.807, 2.05) is 79.7 Å². The van der Waals surface area contributed by atoms with Gasteiger partial charge in [-0.1, -0.05) is 36.4 Å². The highest BCUT2D eigenvalue weighted by atomic mass is 16.5. The van der Waals surface area contributed by atoms with Crippen molar-refractivity contribution in [2.45, 2.75) is 13.5 Å². The van der Waals surface area contributed by atoms with Crippen LogP contribution in [0.3, 0.4) is 0 Å². The molecule has 0 aliphatic heterocycles. The number of hydrogen-bond acceptors (Lipinski definition) is 3. The summed E-state index contributed by atoms with van der Waals surface area (Å²) in [6.45, 7) is 2.55. The van der Waals surface area contributed by atoms with Gasteiger partial charge in [0.1, 0.15) is 23.9 Å². The topological polar surface area (TPSA) is 44.5 Å². The van der Waals surface area contributed by atoms with E-state index in [0.29, 0.717) is 18.0 Å². The smallest absolute Gasteiger partial charge is 0.150 e. The number of ether oxygens (including phenoxy) is 2. The predicted octanol–water partition coefficient (Wildman–Crippen LogP) is 4.95. The molecule has 0 saturated heterocycles. The summed E-state index contributed by atoms with van der Waals surface area (Å²) in [5, 5.41) is 0. The van der Waals surface area contributed by atoms with Crippen molar-refractivity contribution in [1.29, 1.82) is 0 Å². The van der Waals surface area contributed by atoms with E-state index in [4.69, 9.17) is 15.2 Å². The van der Waals surface area contributed by atoms with Gasteiger partial charge in [0.05, 0.1) is 5.69 Å². The number of benzene rings is 3. The van der Waals surface area contributed by atoms with Gasteiger partial charge in [-0.15, -0.1) is 0 Å². The van der Waals surface area contributed by atoms with Gasteiger partial charge in [0.25, 0.3) is 0 Å². The van der Waals surface area contributed by atoms with Crippen molar-refractivity contribution in [1.82, 2.24) is 0 Å². The Bertz CT molecular complexity index is 767. The molecule has 0 heterocycles. The number of nitrogen functional groups attached to an aromatic ring is 1. The number of rotatable bonds is 5. The second-order valence-electron chi connectivity index (χ2n) is 5.39. The lowest BCUT2D eigenvalue weighted by molar-refractivity contribution is 0.306. The molecule has 0 radical (unpaired) electrons. The Morgan fingerprint density at radius 3 is 2.22 bits per heavy atom. The molecule has 0 amide bonds. The van der Waals surface area contributed by atoms with Crippen molar-refractivity contribution in [3.05, 3.63) is 83.9 Å². The summed E-state index contributed by atoms with van der Waals surface area (Å²) < 4.78 is 11.6. The summed E-state index contributed by atoms with van der Waals surface area (Å²) in [5.74, 6) is 2.19. The second-order valence-corrected chi connectivity index (χ2v) is 5.39. The Morgan fingerprint density at radius 1 is 0.826 bits per heavy atom. The van der Waals surface area contributed by atoms with E-state index >= 15 is 0 Å². The van der Waals surface area contributed by atoms with Crippen LogP contribution in [0, 0.1) is 6.92 Å². The molecule has 0 aliphatic rings. The van der Waals surface area contributed by atoms with Gasteiger partial charge in [-0.3, -0.25) is 0 Å². The third kappa shape index (κ3) is 4.04. The molecule has 3 nitrogen and oxygen atoms in total. The quantitative estimate of drug-likeness (QED) is 0.678. The molecule has 3 aromatic rings. The van der Waals surface area contributed by atoms with Crippen molar-refractivity contribution in [3.8, 4) is 17.2 Å². The Kier molecular flexibility index (Phi) is 4.48. The van der Waals surface area contributed by atoms with Gasteiger partial charge >= 0.3 is 0 Å². The molecule has 0 atom stereocenters. The normalized spacial score (nSPS) is 10.3. The summed E-state index contributed by atoms with van der Waals surface area (Å²) in [5.41, 5.74) is 8.85. The van der Waals surface area contributed by atoms with E-state index in [2.05, 4.69) is 0 Å². The lowest BCUT2D eigenvalue weighted by Crippen LogP contribution is -1.95. The monoisotopic (exact) mass is 305 g/mol. The van der Waals surface area contributed by atoms with Crippen LogP contribution in [-0.2, 0) is 6.61 Å². The van der Waals surface area contributed by atoms with Crippen molar-refractivity contribution in [2.24, 2.45) is 0 Å². The maximum Gasteiger partial charge on any atom is 0.150 e. The van der Waals surface area contributed by atoms with E-state index in [-0.39, 0.29) is 0 Å². The summed E-state index contributed by atoms with van der Waals surface area (Å²) >= 11 is 0. The second kappa shape index (κ2) is 6.88. The van der Waals surface area contributed by atoms with Gasteiger partial charge in [-0.05, 0) is 54.4 Å². The van der Waals surface area contributed by atoms with Crippen LogP contribution < -0.4 is 15.2 Å². The fourth-order valence-corrected chi connectivity index (χ4v) is 2.23. The highest BCUT2D eigenvalue weighted by Crippen LogP contribution is 2.29. The number of anilines is 1. The molecule has 0 spiro atoms. The standard InChI is InChI=1S/C20H19NO2/c1-15-7-12-20(19(21)13-15)23-18-10-8-17(9-11-18)22-14-16-5-3-2-4-6-16/h2-13H,14,21H2,1H3. The molecule has 116 valence electrons. The van der Waals surface area contributed by atoms with Crippen molar-refractivity contribution in [2.75, 3.05) is 5.73 Å². The van der Waals surface area contributed by atoms with Crippen LogP contribution in [0.4, 0.5) is 5.69 Å². The zero-order valence-corrected chi connectivity index (χ0v) is 13.0. The molecule has 0 fully saturated rings. The first-order valence-corrected chi connectivity index (χ1v) is 7.51. The lowest BCUT2D eigenvalue weighted by Gasteiger charge is -2.10. The van der Waals surface area contributed by atoms with E-state index in [0.717, 1.165) is 22.6 Å². The first-order chi connectivity index (χ1) is 11.2. The minimum absolute atomic E-state index is 0.548. The largest absolute Gasteiger partial charge is 0.489 e. The lowest BCUT2D eigenvalue weighted by atomic mass is 10.2. The van der Waals surface area contributed by atoms with Gasteiger partial charge in [0.2, 0.25) is 0 Å². The molecule has 0 saturated carbocycles. The zero-order valence-electron chi connectivity index (χ0n) is 13.0. The van der Waals surface area contributed by atoms with E-state index < -0.39 is 0 Å². The summed E-state index contributed by atoms with van der Waals surface area (Å²) in [7, 11) is 0. The highest BCUT2D eigenvalue weighted by molar-refractivity contribution is 5.55. The van der Waals surface area contributed by atoms with Crippen molar-refractivity contribution >= 4 is 5.69 Å². The minimum atomic E-state index is 0.548. The van der Waals surface area contributed by atoms with Crippen LogP contribution in [0.2, 0.25) is 0 Å². The molecule has 0 unspecified atom stereocenters. The molecule has 3 heteroatoms. The Balaban J connectivity index is 1.63. The maximum absolute atomic E-state index is 5.96. The molecule has 23 heavy (non-hydrogen) atoms. The number of aryl methyl sites for hydroxylation is 1. The molecule has 3 aromatic carbocycles. The molecule has 0 aliphatic carbocycles. The molecule has 0 aromatic heterocycles. The number of nitrogens with two attached hydrogens (primary N) is 1. The third-order valence-corrected chi connectivity index (χ3v) is 3.47. The fourth-order valence-electron chi connectivity index (χ4n) is 2.23. The van der Waals surface area contributed by atoms with Crippen molar-refractivity contribution < 1.29 is 9.47 Å². The molecular formula is C20H19NO2. The maximum atomic E-state index is 5.96. The van der Waals surface area contributed by atoms with Crippen LogP contribution in [0.25, 0.3) is 0 Å². The minimum Gasteiger partial charge on any atom is -0.489 e. The van der Waals surface area contributed by atoms with Crippen LogP contribution in [-0.4, -0.2) is 0 Å². The van der Waals surface area contributed by atoms with Gasteiger partial charge in [0.15, 0.2) is 0 Å². The van der Waals surface area contributed by atoms with E-state index in [1.54, 1.807) is 0 Å². The summed E-state index contributed by atoms with van der Waals surface area (Å²) in [4.78, 5) is 0. The Labute approximate surface area is 136 Å². The molecule has 3 rings (SSSR count). The first-order valence-electron chi connectivity index (χ1n) is 7.51. The SMILES string of the molecule is Cc1ccc(Oc2ccc(OCc3ccccc3)cc2)c(N)c1. The van der Waals surface area contributed by atoms with Gasteiger partial charge in [0, 0.05) is 0 Å². The summed E-state index contributed by atoms with van der Waals surface area (Å²) in [6.07, 6.45) is 0. The van der Waals surface area contributed by atoms with Crippen LogP contribution in [0.15, 0.2) is 72.8 Å². The summed E-state index contributed by atoms with van der Waals surface area (Å²) in [6, 6.07) is 23.4. The van der Waals surface area contributed by atoms with Gasteiger partial charge < -0.3 is 15.2 Å². The first kappa shape index (κ1) is 15.0. The average Bonchev–Trinajstić information content (AvgIpc) is 2.58. The highest BCUT2D eigenvalue weighted by Gasteiger charge is 2.03. The Hall–Kier alpha value is -2.94. The average molecular weight is 305 g/mol. The number of hydrogen-bond donors (Lipinski definition) is 1. The zero-order chi connectivity index (χ0) is 16.1.